The van der Waals surface area contributed by atoms with Crippen molar-refractivity contribution in [3.63, 3.8) is 0 Å². The summed E-state index contributed by atoms with van der Waals surface area (Å²) in [6.07, 6.45) is 2.41. The molecule has 0 bridgehead atoms. The van der Waals surface area contributed by atoms with Crippen LogP contribution >= 0.6 is 0 Å². The monoisotopic (exact) mass is 440 g/mol. The predicted octanol–water partition coefficient (Wildman–Crippen LogP) is 3.13. The molecule has 4 rings (SSSR count). The number of piperidine rings is 1. The highest BCUT2D eigenvalue weighted by Crippen LogP contribution is 2.33. The molecule has 0 saturated carbocycles. The molecule has 0 aromatic carbocycles. The number of likely N-dealkylation sites (tertiary alicyclic amines) is 1. The van der Waals surface area contributed by atoms with Crippen molar-refractivity contribution in [3.05, 3.63) is 24.2 Å². The second-order valence-corrected chi connectivity index (χ2v) is 8.07. The smallest absolute Gasteiger partial charge is 0.410 e. The number of amides is 1. The molecule has 1 fully saturated rings. The minimum absolute atomic E-state index is 0.0638. The van der Waals surface area contributed by atoms with Crippen LogP contribution in [0.15, 0.2) is 18.5 Å². The molecule has 0 atom stereocenters. The maximum atomic E-state index is 12.1. The molecule has 0 aliphatic carbocycles. The molecule has 10 nitrogen and oxygen atoms in total. The van der Waals surface area contributed by atoms with Gasteiger partial charge in [0, 0.05) is 44.6 Å². The summed E-state index contributed by atoms with van der Waals surface area (Å²) in [6, 6.07) is 3.77. The van der Waals surface area contributed by atoms with Gasteiger partial charge in [-0.3, -0.25) is 4.68 Å². The molecular weight excluding hydrogens is 412 g/mol. The molecule has 32 heavy (non-hydrogen) atoms. The van der Waals surface area contributed by atoms with Crippen LogP contribution in [0.4, 0.5) is 4.79 Å². The third-order valence-electron chi connectivity index (χ3n) is 5.43. The lowest BCUT2D eigenvalue weighted by Gasteiger charge is -2.31. The summed E-state index contributed by atoms with van der Waals surface area (Å²) in [4.78, 5) is 27.1. The number of fused-ring (bicyclic) bond motifs is 1. The van der Waals surface area contributed by atoms with Crippen molar-refractivity contribution in [2.75, 3.05) is 20.2 Å². The quantitative estimate of drug-likeness (QED) is 0.596. The van der Waals surface area contributed by atoms with Gasteiger partial charge in [0.15, 0.2) is 5.52 Å². The lowest BCUT2D eigenvalue weighted by atomic mass is 10.1. The molecule has 10 heteroatoms. The number of pyridine rings is 1. The van der Waals surface area contributed by atoms with Gasteiger partial charge in [-0.15, -0.1) is 0 Å². The van der Waals surface area contributed by atoms with Gasteiger partial charge in [0.25, 0.3) is 0 Å². The van der Waals surface area contributed by atoms with Gasteiger partial charge >= 0.3 is 6.09 Å². The highest BCUT2D eigenvalue weighted by Gasteiger charge is 2.27. The number of rotatable bonds is 5. The van der Waals surface area contributed by atoms with Crippen LogP contribution in [0.5, 0.6) is 11.8 Å². The molecule has 1 aliphatic rings. The molecule has 1 saturated heterocycles. The van der Waals surface area contributed by atoms with E-state index in [0.717, 1.165) is 17.0 Å². The molecule has 0 N–H and O–H groups in total. The van der Waals surface area contributed by atoms with Gasteiger partial charge in [-0.1, -0.05) is 0 Å². The Balaban J connectivity index is 1.55. The Bertz CT molecular complexity index is 1120. The Kier molecular flexibility index (Phi) is 6.11. The molecule has 0 unspecified atom stereocenters. The van der Waals surface area contributed by atoms with E-state index in [1.807, 2.05) is 40.0 Å². The van der Waals surface area contributed by atoms with Crippen LogP contribution < -0.4 is 9.47 Å². The first-order valence-electron chi connectivity index (χ1n) is 10.7. The Morgan fingerprint density at radius 2 is 1.91 bits per heavy atom. The molecule has 3 aromatic heterocycles. The molecular formula is C22H28N6O4. The first-order valence-corrected chi connectivity index (χ1v) is 10.7. The molecule has 4 heterocycles. The van der Waals surface area contributed by atoms with Crippen LogP contribution in [0.3, 0.4) is 0 Å². The summed E-state index contributed by atoms with van der Waals surface area (Å²) in [5.41, 5.74) is 3.87. The Morgan fingerprint density at radius 1 is 1.16 bits per heavy atom. The van der Waals surface area contributed by atoms with E-state index in [9.17, 15) is 4.79 Å². The minimum atomic E-state index is -0.277. The summed E-state index contributed by atoms with van der Waals surface area (Å²) in [5.74, 6) is 0.999. The molecule has 0 spiro atoms. The van der Waals surface area contributed by atoms with Crippen LogP contribution in [0.2, 0.25) is 0 Å². The van der Waals surface area contributed by atoms with Gasteiger partial charge in [-0.05, 0) is 26.8 Å². The summed E-state index contributed by atoms with van der Waals surface area (Å²) in [7, 11) is 3.46. The van der Waals surface area contributed by atoms with Crippen LogP contribution in [0.1, 0.15) is 32.4 Å². The van der Waals surface area contributed by atoms with Crippen molar-refractivity contribution >= 4 is 17.1 Å². The summed E-state index contributed by atoms with van der Waals surface area (Å²) < 4.78 is 18.5. The van der Waals surface area contributed by atoms with E-state index in [0.29, 0.717) is 48.7 Å². The van der Waals surface area contributed by atoms with Crippen LogP contribution in [0, 0.1) is 6.92 Å². The number of methoxy groups -OCH3 is 1. The standard InChI is InChI=1S/C22H28N6O4/c1-13(2)31-22(29)28-10-8-15(9-11-28)32-21-19-18(23-12-24-21)20(27(4)26-19)16-6-7-17(30-5)25-14(16)3/h6-7,12-13,15H,8-11H2,1-5H3. The van der Waals surface area contributed by atoms with Gasteiger partial charge in [0.05, 0.1) is 24.6 Å². The maximum absolute atomic E-state index is 12.1. The average molecular weight is 441 g/mol. The van der Waals surface area contributed by atoms with Crippen LogP contribution in [0.25, 0.3) is 22.3 Å². The van der Waals surface area contributed by atoms with Gasteiger partial charge < -0.3 is 19.1 Å². The lowest BCUT2D eigenvalue weighted by molar-refractivity contribution is 0.0510. The number of ether oxygens (including phenoxy) is 3. The van der Waals surface area contributed by atoms with E-state index < -0.39 is 0 Å². The number of aryl methyl sites for hydroxylation is 2. The fourth-order valence-electron chi connectivity index (χ4n) is 3.86. The highest BCUT2D eigenvalue weighted by atomic mass is 16.6. The number of carbonyl (C=O) groups excluding carboxylic acids is 1. The van der Waals surface area contributed by atoms with Gasteiger partial charge in [0.1, 0.15) is 17.9 Å². The fraction of sp³-hybridized carbons (Fsp3) is 0.500. The largest absolute Gasteiger partial charge is 0.481 e. The van der Waals surface area contributed by atoms with Crippen LogP contribution in [-0.2, 0) is 11.8 Å². The summed E-state index contributed by atoms with van der Waals surface area (Å²) in [5, 5.41) is 4.64. The van der Waals surface area contributed by atoms with E-state index in [4.69, 9.17) is 14.2 Å². The first-order chi connectivity index (χ1) is 15.4. The first kappa shape index (κ1) is 21.8. The van der Waals surface area contributed by atoms with Gasteiger partial charge in [0.2, 0.25) is 11.8 Å². The second kappa shape index (κ2) is 8.97. The second-order valence-electron chi connectivity index (χ2n) is 8.07. The Hall–Kier alpha value is -3.43. The van der Waals surface area contributed by atoms with E-state index in [1.54, 1.807) is 16.7 Å². The number of hydrogen-bond acceptors (Lipinski definition) is 8. The molecule has 1 aliphatic heterocycles. The van der Waals surface area contributed by atoms with E-state index in [2.05, 4.69) is 20.1 Å². The predicted molar refractivity (Wildman–Crippen MR) is 118 cm³/mol. The number of nitrogens with zero attached hydrogens (tertiary/aromatic N) is 6. The average Bonchev–Trinajstić information content (AvgIpc) is 3.10. The van der Waals surface area contributed by atoms with Crippen molar-refractivity contribution in [3.8, 4) is 23.0 Å². The van der Waals surface area contributed by atoms with Gasteiger partial charge in [-0.2, -0.15) is 10.1 Å². The van der Waals surface area contributed by atoms with Crippen LogP contribution in [-0.4, -0.2) is 68.1 Å². The molecule has 1 amide bonds. The topological polar surface area (TPSA) is 104 Å². The fourth-order valence-corrected chi connectivity index (χ4v) is 3.86. The van der Waals surface area contributed by atoms with Crippen molar-refractivity contribution in [2.45, 2.75) is 45.8 Å². The minimum Gasteiger partial charge on any atom is -0.481 e. The Labute approximate surface area is 186 Å². The van der Waals surface area contributed by atoms with E-state index >= 15 is 0 Å². The lowest BCUT2D eigenvalue weighted by Crippen LogP contribution is -2.42. The van der Waals surface area contributed by atoms with E-state index in [-0.39, 0.29) is 18.3 Å². The maximum Gasteiger partial charge on any atom is 0.410 e. The normalized spacial score (nSPS) is 14.8. The summed E-state index contributed by atoms with van der Waals surface area (Å²) >= 11 is 0. The molecule has 170 valence electrons. The number of carbonyl (C=O) groups is 1. The van der Waals surface area contributed by atoms with Crippen molar-refractivity contribution in [2.24, 2.45) is 7.05 Å². The van der Waals surface area contributed by atoms with Crippen molar-refractivity contribution < 1.29 is 19.0 Å². The van der Waals surface area contributed by atoms with Crippen molar-refractivity contribution in [1.29, 1.82) is 0 Å². The zero-order chi connectivity index (χ0) is 22.8. The molecule has 0 radical (unpaired) electrons. The third-order valence-corrected chi connectivity index (χ3v) is 5.43. The molecule has 3 aromatic rings. The van der Waals surface area contributed by atoms with E-state index in [1.165, 1.54) is 6.33 Å². The van der Waals surface area contributed by atoms with Gasteiger partial charge in [-0.25, -0.2) is 14.8 Å². The summed E-state index contributed by atoms with van der Waals surface area (Å²) in [6.45, 7) is 6.77. The zero-order valence-corrected chi connectivity index (χ0v) is 19.0. The Morgan fingerprint density at radius 3 is 2.56 bits per heavy atom. The zero-order valence-electron chi connectivity index (χ0n) is 19.0. The SMILES string of the molecule is COc1ccc(-c2c3ncnc(OC4CCN(C(=O)OC(C)C)CC4)c3nn2C)c(C)n1. The number of hydrogen-bond donors (Lipinski definition) is 0. The number of aromatic nitrogens is 5. The van der Waals surface area contributed by atoms with Crippen molar-refractivity contribution in [1.82, 2.24) is 29.6 Å². The third kappa shape index (κ3) is 4.30. The highest BCUT2D eigenvalue weighted by molar-refractivity contribution is 5.92.